The van der Waals surface area contributed by atoms with E-state index in [1.807, 2.05) is 20.8 Å². The van der Waals surface area contributed by atoms with E-state index in [-0.39, 0.29) is 12.5 Å². The first-order chi connectivity index (χ1) is 6.44. The highest BCUT2D eigenvalue weighted by Crippen LogP contribution is 2.12. The molecule has 14 heavy (non-hydrogen) atoms. The van der Waals surface area contributed by atoms with Gasteiger partial charge in [0.15, 0.2) is 0 Å². The molecule has 0 aromatic heterocycles. The lowest BCUT2D eigenvalue weighted by atomic mass is 9.92. The van der Waals surface area contributed by atoms with Gasteiger partial charge in [-0.3, -0.25) is 4.79 Å². The van der Waals surface area contributed by atoms with Crippen molar-refractivity contribution in [2.75, 3.05) is 19.7 Å². The predicted octanol–water partition coefficient (Wildman–Crippen LogP) is 0.106. The molecule has 0 aromatic carbocycles. The van der Waals surface area contributed by atoms with Gasteiger partial charge in [-0.05, 0) is 26.2 Å². The average Bonchev–Trinajstić information content (AvgIpc) is 2.14. The highest BCUT2D eigenvalue weighted by Gasteiger charge is 2.25. The standard InChI is InChI=1S/C10H22N2O2/c1-8(4-5-13)6-12-9(14)10(2,3)7-11/h8,13H,4-7,11H2,1-3H3,(H,12,14). The Morgan fingerprint density at radius 1 is 1.57 bits per heavy atom. The first-order valence-corrected chi connectivity index (χ1v) is 5.03. The molecule has 0 aliphatic rings. The monoisotopic (exact) mass is 202 g/mol. The van der Waals surface area contributed by atoms with Gasteiger partial charge in [0.05, 0.1) is 5.41 Å². The van der Waals surface area contributed by atoms with Crippen LogP contribution in [0.2, 0.25) is 0 Å². The molecule has 84 valence electrons. The summed E-state index contributed by atoms with van der Waals surface area (Å²) < 4.78 is 0. The van der Waals surface area contributed by atoms with Crippen LogP contribution in [0.15, 0.2) is 0 Å². The molecule has 0 aliphatic carbocycles. The summed E-state index contributed by atoms with van der Waals surface area (Å²) in [6.07, 6.45) is 0.712. The molecule has 4 heteroatoms. The summed E-state index contributed by atoms with van der Waals surface area (Å²) in [5, 5.41) is 11.5. The third-order valence-electron chi connectivity index (χ3n) is 2.36. The lowest BCUT2D eigenvalue weighted by molar-refractivity contribution is -0.129. The van der Waals surface area contributed by atoms with Gasteiger partial charge in [0.2, 0.25) is 5.91 Å². The van der Waals surface area contributed by atoms with Gasteiger partial charge in [-0.1, -0.05) is 6.92 Å². The Morgan fingerprint density at radius 2 is 2.14 bits per heavy atom. The molecule has 0 bridgehead atoms. The van der Waals surface area contributed by atoms with Crippen LogP contribution in [0.5, 0.6) is 0 Å². The molecule has 0 radical (unpaired) electrons. The summed E-state index contributed by atoms with van der Waals surface area (Å²) in [5.41, 5.74) is 4.97. The lowest BCUT2D eigenvalue weighted by Gasteiger charge is -2.22. The minimum Gasteiger partial charge on any atom is -0.396 e. The van der Waals surface area contributed by atoms with Crippen molar-refractivity contribution in [3.63, 3.8) is 0 Å². The van der Waals surface area contributed by atoms with Crippen LogP contribution in [0.3, 0.4) is 0 Å². The summed E-state index contributed by atoms with van der Waals surface area (Å²) in [7, 11) is 0. The maximum atomic E-state index is 11.6. The zero-order chi connectivity index (χ0) is 11.2. The SMILES string of the molecule is CC(CCO)CNC(=O)C(C)(C)CN. The van der Waals surface area contributed by atoms with Crippen molar-refractivity contribution < 1.29 is 9.90 Å². The van der Waals surface area contributed by atoms with Crippen molar-refractivity contribution in [3.05, 3.63) is 0 Å². The molecule has 4 nitrogen and oxygen atoms in total. The van der Waals surface area contributed by atoms with Gasteiger partial charge in [-0.2, -0.15) is 0 Å². The Morgan fingerprint density at radius 3 is 2.57 bits per heavy atom. The molecule has 0 saturated heterocycles. The first-order valence-electron chi connectivity index (χ1n) is 5.03. The Balaban J connectivity index is 3.85. The zero-order valence-corrected chi connectivity index (χ0v) is 9.34. The van der Waals surface area contributed by atoms with Crippen LogP contribution in [-0.4, -0.2) is 30.7 Å². The molecule has 0 aromatic rings. The van der Waals surface area contributed by atoms with E-state index >= 15 is 0 Å². The number of carbonyl (C=O) groups is 1. The lowest BCUT2D eigenvalue weighted by Crippen LogP contribution is -2.43. The van der Waals surface area contributed by atoms with Gasteiger partial charge >= 0.3 is 0 Å². The van der Waals surface area contributed by atoms with Gasteiger partial charge in [-0.25, -0.2) is 0 Å². The van der Waals surface area contributed by atoms with E-state index in [1.54, 1.807) is 0 Å². The van der Waals surface area contributed by atoms with E-state index in [4.69, 9.17) is 10.8 Å². The fourth-order valence-electron chi connectivity index (χ4n) is 0.921. The summed E-state index contributed by atoms with van der Waals surface area (Å²) in [4.78, 5) is 11.6. The van der Waals surface area contributed by atoms with Crippen LogP contribution < -0.4 is 11.1 Å². The Labute approximate surface area is 85.9 Å². The minimum absolute atomic E-state index is 0.0233. The Hall–Kier alpha value is -0.610. The molecule has 1 atom stereocenters. The van der Waals surface area contributed by atoms with Gasteiger partial charge < -0.3 is 16.2 Å². The fourth-order valence-corrected chi connectivity index (χ4v) is 0.921. The largest absolute Gasteiger partial charge is 0.396 e. The van der Waals surface area contributed by atoms with Crippen LogP contribution >= 0.6 is 0 Å². The number of aliphatic hydroxyl groups is 1. The van der Waals surface area contributed by atoms with Gasteiger partial charge in [0, 0.05) is 19.7 Å². The van der Waals surface area contributed by atoms with E-state index in [1.165, 1.54) is 0 Å². The van der Waals surface area contributed by atoms with E-state index in [0.717, 1.165) is 0 Å². The quantitative estimate of drug-likeness (QED) is 0.572. The third kappa shape index (κ3) is 4.58. The van der Waals surface area contributed by atoms with Crippen LogP contribution in [0.1, 0.15) is 27.2 Å². The number of nitrogens with two attached hydrogens (primary N) is 1. The number of nitrogens with one attached hydrogen (secondary N) is 1. The number of hydrogen-bond acceptors (Lipinski definition) is 3. The summed E-state index contributed by atoms with van der Waals surface area (Å²) in [6, 6.07) is 0. The second kappa shape index (κ2) is 5.98. The molecule has 1 unspecified atom stereocenters. The van der Waals surface area contributed by atoms with E-state index in [9.17, 15) is 4.79 Å². The van der Waals surface area contributed by atoms with Gasteiger partial charge in [-0.15, -0.1) is 0 Å². The maximum Gasteiger partial charge on any atom is 0.226 e. The van der Waals surface area contributed by atoms with E-state index in [2.05, 4.69) is 5.32 Å². The predicted molar refractivity (Wildman–Crippen MR) is 56.7 cm³/mol. The molecule has 1 amide bonds. The molecule has 0 spiro atoms. The van der Waals surface area contributed by atoms with Crippen LogP contribution in [0.25, 0.3) is 0 Å². The van der Waals surface area contributed by atoms with Crippen LogP contribution in [0, 0.1) is 11.3 Å². The minimum atomic E-state index is -0.501. The van der Waals surface area contributed by atoms with Crippen molar-refractivity contribution in [2.24, 2.45) is 17.1 Å². The number of amides is 1. The number of hydrogen-bond donors (Lipinski definition) is 3. The van der Waals surface area contributed by atoms with E-state index < -0.39 is 5.41 Å². The van der Waals surface area contributed by atoms with Crippen LogP contribution in [0.4, 0.5) is 0 Å². The van der Waals surface area contributed by atoms with Crippen LogP contribution in [-0.2, 0) is 4.79 Å². The van der Waals surface area contributed by atoms with Gasteiger partial charge in [0.1, 0.15) is 0 Å². The molecule has 0 saturated carbocycles. The number of carbonyl (C=O) groups excluding carboxylic acids is 1. The highest BCUT2D eigenvalue weighted by atomic mass is 16.3. The molecule has 0 aliphatic heterocycles. The fraction of sp³-hybridized carbons (Fsp3) is 0.900. The molecular formula is C10H22N2O2. The number of aliphatic hydroxyl groups excluding tert-OH is 1. The second-order valence-electron chi connectivity index (χ2n) is 4.42. The molecule has 0 heterocycles. The summed E-state index contributed by atoms with van der Waals surface area (Å²) >= 11 is 0. The number of rotatable bonds is 6. The Kier molecular flexibility index (Phi) is 5.72. The normalized spacial score (nSPS) is 13.8. The van der Waals surface area contributed by atoms with Crippen molar-refractivity contribution in [1.29, 1.82) is 0 Å². The summed E-state index contributed by atoms with van der Waals surface area (Å²) in [6.45, 7) is 6.73. The Bertz CT molecular complexity index is 181. The van der Waals surface area contributed by atoms with Crippen molar-refractivity contribution in [3.8, 4) is 0 Å². The first kappa shape index (κ1) is 13.4. The average molecular weight is 202 g/mol. The summed E-state index contributed by atoms with van der Waals surface area (Å²) in [5.74, 6) is 0.280. The highest BCUT2D eigenvalue weighted by molar-refractivity contribution is 5.81. The zero-order valence-electron chi connectivity index (χ0n) is 9.34. The van der Waals surface area contributed by atoms with Gasteiger partial charge in [0.25, 0.3) is 0 Å². The van der Waals surface area contributed by atoms with E-state index in [0.29, 0.717) is 25.4 Å². The third-order valence-corrected chi connectivity index (χ3v) is 2.36. The van der Waals surface area contributed by atoms with Crippen molar-refractivity contribution in [1.82, 2.24) is 5.32 Å². The topological polar surface area (TPSA) is 75.3 Å². The molecular weight excluding hydrogens is 180 g/mol. The maximum absolute atomic E-state index is 11.6. The smallest absolute Gasteiger partial charge is 0.226 e. The molecule has 0 fully saturated rings. The second-order valence-corrected chi connectivity index (χ2v) is 4.42. The molecule has 4 N–H and O–H groups in total. The van der Waals surface area contributed by atoms with Crippen molar-refractivity contribution in [2.45, 2.75) is 27.2 Å². The molecule has 0 rings (SSSR count). The van der Waals surface area contributed by atoms with Crippen molar-refractivity contribution >= 4 is 5.91 Å².